The summed E-state index contributed by atoms with van der Waals surface area (Å²) in [6.07, 6.45) is 2.76. The number of ether oxygens (including phenoxy) is 1. The molecule has 0 saturated carbocycles. The van der Waals surface area contributed by atoms with Crippen LogP contribution in [0.2, 0.25) is 0 Å². The maximum absolute atomic E-state index is 14.0. The van der Waals surface area contributed by atoms with Crippen molar-refractivity contribution in [2.75, 3.05) is 0 Å². The van der Waals surface area contributed by atoms with E-state index in [0.717, 1.165) is 58.8 Å². The second-order valence-corrected chi connectivity index (χ2v) is 10.5. The molecule has 0 atom stereocenters. The lowest BCUT2D eigenvalue weighted by Crippen LogP contribution is -2.29. The molecule has 210 valence electrons. The Balaban J connectivity index is 1.69. The normalized spacial score (nSPS) is 11.0. The van der Waals surface area contributed by atoms with E-state index in [1.807, 2.05) is 93.6 Å². The van der Waals surface area contributed by atoms with E-state index in [1.165, 1.54) is 7.85 Å². The second kappa shape index (κ2) is 13.3. The van der Waals surface area contributed by atoms with E-state index in [1.54, 1.807) is 4.57 Å². The number of hydrogen-bond donors (Lipinski definition) is 2. The summed E-state index contributed by atoms with van der Waals surface area (Å²) in [7, 11) is 1.39. The fraction of sp³-hybridized carbons (Fsp3) is 0.273. The fourth-order valence-corrected chi connectivity index (χ4v) is 4.88. The lowest BCUT2D eigenvalue weighted by molar-refractivity contribution is 0.242. The van der Waals surface area contributed by atoms with Crippen molar-refractivity contribution in [2.24, 2.45) is 0 Å². The maximum atomic E-state index is 14.0. The first-order valence-corrected chi connectivity index (χ1v) is 14.1. The van der Waals surface area contributed by atoms with Gasteiger partial charge in [0.15, 0.2) is 5.81 Å². The predicted molar refractivity (Wildman–Crippen MR) is 168 cm³/mol. The molecule has 1 aromatic heterocycles. The van der Waals surface area contributed by atoms with Crippen molar-refractivity contribution >= 4 is 19.5 Å². The minimum Gasteiger partial charge on any atom is -0.491 e. The number of carbonyl (C=O) groups excluding carboxylic acids is 1. The standard InChI is InChI=1S/C33H37BN4O3/c1-5-6-11-29-36-22(4)30(25-16-18-26(19-17-25)41-21(2)3)32(39)38(29)20-23-12-14-24(15-13-23)27-9-7-8-10-28(27)31(35)37-33(34)40/h7-10,12-19,21H,5-6,11,20,34H2,1-4H3,(H2,35,37,40). The van der Waals surface area contributed by atoms with Crippen molar-refractivity contribution in [1.82, 2.24) is 14.9 Å². The Morgan fingerprint density at radius 2 is 1.68 bits per heavy atom. The molecule has 0 bridgehead atoms. The topological polar surface area (TPSA) is 97.1 Å². The van der Waals surface area contributed by atoms with Crippen LogP contribution >= 0.6 is 0 Å². The van der Waals surface area contributed by atoms with E-state index in [9.17, 15) is 9.59 Å². The molecule has 0 aliphatic carbocycles. The molecule has 8 heteroatoms. The summed E-state index contributed by atoms with van der Waals surface area (Å²) in [6, 6.07) is 23.1. The molecule has 0 radical (unpaired) electrons. The van der Waals surface area contributed by atoms with Crippen molar-refractivity contribution < 1.29 is 9.53 Å². The van der Waals surface area contributed by atoms with Crippen LogP contribution in [0.5, 0.6) is 5.75 Å². The molecule has 0 spiro atoms. The van der Waals surface area contributed by atoms with Gasteiger partial charge in [0.05, 0.1) is 23.9 Å². The molecule has 0 aliphatic heterocycles. The van der Waals surface area contributed by atoms with Crippen molar-refractivity contribution in [2.45, 2.75) is 59.6 Å². The summed E-state index contributed by atoms with van der Waals surface area (Å²) in [5.74, 6) is 1.33. The Morgan fingerprint density at radius 1 is 1.02 bits per heavy atom. The Kier molecular flexibility index (Phi) is 9.55. The first kappa shape index (κ1) is 29.5. The van der Waals surface area contributed by atoms with Crippen molar-refractivity contribution in [3.05, 3.63) is 106 Å². The SMILES string of the molecule is BC(=O)NC(=N)c1ccccc1-c1ccc(Cn2c(CCCC)nc(C)c(-c3ccc(OC(C)C)cc3)c2=O)cc1. The van der Waals surface area contributed by atoms with Gasteiger partial charge in [-0.15, -0.1) is 0 Å². The molecule has 4 aromatic rings. The van der Waals surface area contributed by atoms with Gasteiger partial charge in [-0.2, -0.15) is 0 Å². The summed E-state index contributed by atoms with van der Waals surface area (Å²) in [6.45, 7) is 8.40. The number of amides is 1. The molecular weight excluding hydrogens is 511 g/mol. The third kappa shape index (κ3) is 7.20. The molecule has 7 nitrogen and oxygen atoms in total. The van der Waals surface area contributed by atoms with Gasteiger partial charge in [0.1, 0.15) is 17.4 Å². The molecule has 1 heterocycles. The van der Waals surface area contributed by atoms with Crippen molar-refractivity contribution in [3.63, 3.8) is 0 Å². The molecule has 41 heavy (non-hydrogen) atoms. The van der Waals surface area contributed by atoms with Crippen LogP contribution in [0.25, 0.3) is 22.3 Å². The Labute approximate surface area is 242 Å². The monoisotopic (exact) mass is 548 g/mol. The molecule has 3 aromatic carbocycles. The zero-order chi connectivity index (χ0) is 29.5. The van der Waals surface area contributed by atoms with Crippen LogP contribution in [-0.4, -0.2) is 35.1 Å². The Bertz CT molecular complexity index is 1590. The van der Waals surface area contributed by atoms with Gasteiger partial charge in [-0.3, -0.25) is 19.6 Å². The van der Waals surface area contributed by atoms with Gasteiger partial charge in [0, 0.05) is 12.0 Å². The van der Waals surface area contributed by atoms with Gasteiger partial charge in [-0.25, -0.2) is 4.98 Å². The zero-order valence-corrected chi connectivity index (χ0v) is 24.5. The van der Waals surface area contributed by atoms with E-state index in [4.69, 9.17) is 15.1 Å². The van der Waals surface area contributed by atoms with E-state index in [0.29, 0.717) is 17.7 Å². The minimum absolute atomic E-state index is 0.0562. The van der Waals surface area contributed by atoms with Crippen LogP contribution in [0.3, 0.4) is 0 Å². The first-order chi connectivity index (χ1) is 19.7. The number of nitrogens with one attached hydrogen (secondary N) is 2. The summed E-state index contributed by atoms with van der Waals surface area (Å²) in [5.41, 5.74) is 5.48. The summed E-state index contributed by atoms with van der Waals surface area (Å²) in [4.78, 5) is 30.4. The Hall–Kier alpha value is -4.46. The second-order valence-electron chi connectivity index (χ2n) is 10.5. The van der Waals surface area contributed by atoms with Gasteiger partial charge in [-0.05, 0) is 61.6 Å². The van der Waals surface area contributed by atoms with Crippen LogP contribution in [0.15, 0.2) is 77.6 Å². The lowest BCUT2D eigenvalue weighted by Gasteiger charge is -2.17. The molecule has 0 fully saturated rings. The fourth-order valence-electron chi connectivity index (χ4n) is 4.88. The molecule has 4 rings (SSSR count). The van der Waals surface area contributed by atoms with E-state index in [2.05, 4.69) is 12.2 Å². The van der Waals surface area contributed by atoms with E-state index < -0.39 is 0 Å². The average Bonchev–Trinajstić information content (AvgIpc) is 2.94. The highest BCUT2D eigenvalue weighted by atomic mass is 16.5. The Morgan fingerprint density at radius 3 is 2.32 bits per heavy atom. The largest absolute Gasteiger partial charge is 0.491 e. The van der Waals surface area contributed by atoms with E-state index >= 15 is 0 Å². The first-order valence-electron chi connectivity index (χ1n) is 14.1. The summed E-state index contributed by atoms with van der Waals surface area (Å²) in [5, 5.41) is 10.9. The smallest absolute Gasteiger partial charge is 0.261 e. The molecule has 0 unspecified atom stereocenters. The third-order valence-corrected chi connectivity index (χ3v) is 6.80. The highest BCUT2D eigenvalue weighted by Crippen LogP contribution is 2.26. The minimum atomic E-state index is -0.282. The van der Waals surface area contributed by atoms with Gasteiger partial charge in [0.2, 0.25) is 7.85 Å². The van der Waals surface area contributed by atoms with Gasteiger partial charge in [-0.1, -0.05) is 74.0 Å². The number of aromatic nitrogens is 2. The van der Waals surface area contributed by atoms with Crippen molar-refractivity contribution in [3.8, 4) is 28.0 Å². The molecule has 0 aliphatic rings. The number of carbonyl (C=O) groups is 1. The van der Waals surface area contributed by atoms with Gasteiger partial charge >= 0.3 is 0 Å². The molecule has 0 saturated heterocycles. The summed E-state index contributed by atoms with van der Waals surface area (Å²) >= 11 is 0. The highest BCUT2D eigenvalue weighted by Gasteiger charge is 2.17. The van der Waals surface area contributed by atoms with Gasteiger partial charge < -0.3 is 10.1 Å². The lowest BCUT2D eigenvalue weighted by atomic mass is 9.97. The van der Waals surface area contributed by atoms with Gasteiger partial charge in [0.25, 0.3) is 5.56 Å². The van der Waals surface area contributed by atoms with Crippen LogP contribution < -0.4 is 15.6 Å². The van der Waals surface area contributed by atoms with E-state index in [-0.39, 0.29) is 23.3 Å². The average molecular weight is 548 g/mol. The van der Waals surface area contributed by atoms with Crippen LogP contribution in [-0.2, 0) is 13.0 Å². The maximum Gasteiger partial charge on any atom is 0.261 e. The third-order valence-electron chi connectivity index (χ3n) is 6.80. The summed E-state index contributed by atoms with van der Waals surface area (Å²) < 4.78 is 7.58. The van der Waals surface area contributed by atoms with Crippen LogP contribution in [0.4, 0.5) is 4.79 Å². The molecule has 2 N–H and O–H groups in total. The molecule has 1 amide bonds. The number of amidine groups is 1. The number of unbranched alkanes of at least 4 members (excludes halogenated alkanes) is 1. The number of hydrogen-bond acceptors (Lipinski definition) is 5. The van der Waals surface area contributed by atoms with Crippen LogP contribution in [0, 0.1) is 12.3 Å². The number of nitrogens with zero attached hydrogens (tertiary/aromatic N) is 2. The number of benzene rings is 3. The molecular formula is C33H37BN4O3. The number of aryl methyl sites for hydroxylation is 2. The quantitative estimate of drug-likeness (QED) is 0.150. The number of rotatable bonds is 10. The van der Waals surface area contributed by atoms with Crippen LogP contribution in [0.1, 0.15) is 56.3 Å². The van der Waals surface area contributed by atoms with Crippen molar-refractivity contribution in [1.29, 1.82) is 5.41 Å². The highest BCUT2D eigenvalue weighted by molar-refractivity contribution is 6.58. The predicted octanol–water partition coefficient (Wildman–Crippen LogP) is 5.73. The zero-order valence-electron chi connectivity index (χ0n) is 24.5.